The van der Waals surface area contributed by atoms with E-state index < -0.39 is 22.2 Å². The van der Waals surface area contributed by atoms with Crippen LogP contribution in [0.2, 0.25) is 34.8 Å². The fourth-order valence-corrected chi connectivity index (χ4v) is 12.3. The topological polar surface area (TPSA) is 47.9 Å². The van der Waals surface area contributed by atoms with Gasteiger partial charge in [0.1, 0.15) is 24.1 Å². The molecule has 1 saturated carbocycles. The van der Waals surface area contributed by atoms with Gasteiger partial charge < -0.3 is 18.7 Å². The second-order valence-electron chi connectivity index (χ2n) is 12.4. The fraction of sp³-hybridized carbons (Fsp3) is 0.920. The van der Waals surface area contributed by atoms with Crippen molar-refractivity contribution in [3.05, 3.63) is 11.8 Å². The van der Waals surface area contributed by atoms with E-state index in [0.29, 0.717) is 23.2 Å². The highest BCUT2D eigenvalue weighted by Gasteiger charge is 2.51. The first-order valence-electron chi connectivity index (χ1n) is 12.5. The molecule has 1 aliphatic carbocycles. The molecule has 1 heterocycles. The summed E-state index contributed by atoms with van der Waals surface area (Å²) in [5.41, 5.74) is 0.684. The van der Waals surface area contributed by atoms with E-state index in [-0.39, 0.29) is 17.2 Å². The molecule has 4 nitrogen and oxygen atoms in total. The van der Waals surface area contributed by atoms with Gasteiger partial charge in [0.05, 0.1) is 6.10 Å². The Kier molecular flexibility index (Phi) is 8.40. The molecule has 0 bridgehead atoms. The molecule has 0 aromatic carbocycles. The van der Waals surface area contributed by atoms with Crippen molar-refractivity contribution >= 4 is 16.6 Å². The lowest BCUT2D eigenvalue weighted by atomic mass is 9.96. The van der Waals surface area contributed by atoms with Crippen molar-refractivity contribution in [2.24, 2.45) is 0 Å². The molecule has 31 heavy (non-hydrogen) atoms. The highest BCUT2D eigenvalue weighted by Crippen LogP contribution is 2.46. The SMILES string of the molecule is CC(C)[Si](O[C@@H]1COC(C2(O)CCCC2)=C[C@H]1O[Si](C)(C)C(C)(C)C)(C(C)C)C(C)C. The lowest BCUT2D eigenvalue weighted by Gasteiger charge is -2.48. The Balaban J connectivity index is 2.44. The van der Waals surface area contributed by atoms with Crippen LogP contribution < -0.4 is 0 Å². The van der Waals surface area contributed by atoms with Crippen LogP contribution in [0.4, 0.5) is 0 Å². The second-order valence-corrected chi connectivity index (χ2v) is 22.6. The average Bonchev–Trinajstić information content (AvgIpc) is 3.06. The number of aliphatic hydroxyl groups is 1. The molecule has 2 atom stereocenters. The van der Waals surface area contributed by atoms with Crippen LogP contribution in [0, 0.1) is 0 Å². The standard InChI is InChI=1S/C25H50O4Si2/c1-18(2)31(19(3)4,20(5)6)29-22-17-27-23(25(26)14-12-13-15-25)16-21(22)28-30(10,11)24(7,8)9/h16,18-22,26H,12-15,17H2,1-11H3/t21-,22-/m1/s1. The third-order valence-corrected chi connectivity index (χ3v) is 18.9. The van der Waals surface area contributed by atoms with E-state index in [9.17, 15) is 5.11 Å². The van der Waals surface area contributed by atoms with E-state index in [0.717, 1.165) is 31.4 Å². The molecule has 2 aliphatic rings. The molecule has 1 N–H and O–H groups in total. The maximum Gasteiger partial charge on any atom is 0.201 e. The van der Waals surface area contributed by atoms with Crippen LogP contribution in [0.25, 0.3) is 0 Å². The number of hydrogen-bond donors (Lipinski definition) is 1. The first-order valence-corrected chi connectivity index (χ1v) is 17.5. The van der Waals surface area contributed by atoms with Gasteiger partial charge in [-0.3, -0.25) is 0 Å². The van der Waals surface area contributed by atoms with E-state index >= 15 is 0 Å². The molecular formula is C25H50O4Si2. The van der Waals surface area contributed by atoms with Crippen LogP contribution >= 0.6 is 0 Å². The van der Waals surface area contributed by atoms with Crippen LogP contribution in [-0.4, -0.2) is 46.2 Å². The highest BCUT2D eigenvalue weighted by molar-refractivity contribution is 6.77. The maximum absolute atomic E-state index is 11.2. The number of hydrogen-bond acceptors (Lipinski definition) is 4. The molecule has 182 valence electrons. The summed E-state index contributed by atoms with van der Waals surface area (Å²) >= 11 is 0. The Morgan fingerprint density at radius 1 is 0.968 bits per heavy atom. The zero-order chi connectivity index (χ0) is 23.8. The summed E-state index contributed by atoms with van der Waals surface area (Å²) in [4.78, 5) is 0. The van der Waals surface area contributed by atoms with E-state index in [1.54, 1.807) is 0 Å². The molecule has 0 unspecified atom stereocenters. The minimum Gasteiger partial charge on any atom is -0.492 e. The van der Waals surface area contributed by atoms with Gasteiger partial charge in [0.2, 0.25) is 8.32 Å². The van der Waals surface area contributed by atoms with Gasteiger partial charge in [0.25, 0.3) is 0 Å². The van der Waals surface area contributed by atoms with Crippen LogP contribution in [0.15, 0.2) is 11.8 Å². The van der Waals surface area contributed by atoms with Crippen molar-refractivity contribution < 1.29 is 18.7 Å². The smallest absolute Gasteiger partial charge is 0.201 e. The van der Waals surface area contributed by atoms with E-state index in [2.05, 4.69) is 81.5 Å². The summed E-state index contributed by atoms with van der Waals surface area (Å²) in [7, 11) is -4.12. The Bertz CT molecular complexity index is 606. The number of rotatable bonds is 8. The molecule has 6 heteroatoms. The molecule has 0 aromatic rings. The van der Waals surface area contributed by atoms with Crippen LogP contribution in [0.5, 0.6) is 0 Å². The predicted octanol–water partition coefficient (Wildman–Crippen LogP) is 7.16. The molecule has 0 aromatic heterocycles. The summed E-state index contributed by atoms with van der Waals surface area (Å²) in [5.74, 6) is 0.722. The first-order chi connectivity index (χ1) is 14.1. The predicted molar refractivity (Wildman–Crippen MR) is 135 cm³/mol. The third-order valence-electron chi connectivity index (χ3n) is 8.27. The fourth-order valence-electron chi connectivity index (χ4n) is 5.47. The molecule has 0 spiro atoms. The van der Waals surface area contributed by atoms with Crippen LogP contribution in [0.1, 0.15) is 88.0 Å². The molecule has 2 rings (SSSR count). The first kappa shape index (κ1) is 27.1. The Morgan fingerprint density at radius 3 is 1.87 bits per heavy atom. The molecule has 0 radical (unpaired) electrons. The summed E-state index contributed by atoms with van der Waals surface area (Å²) in [6.45, 7) is 25.8. The lowest BCUT2D eigenvalue weighted by Crippen LogP contribution is -2.57. The third kappa shape index (κ3) is 5.51. The van der Waals surface area contributed by atoms with Crippen molar-refractivity contribution in [1.82, 2.24) is 0 Å². The molecule has 0 saturated heterocycles. The Hall–Kier alpha value is -0.146. The average molecular weight is 471 g/mol. The quantitative estimate of drug-likeness (QED) is 0.382. The largest absolute Gasteiger partial charge is 0.492 e. The highest BCUT2D eigenvalue weighted by atomic mass is 28.4. The van der Waals surface area contributed by atoms with Crippen molar-refractivity contribution in [2.45, 2.75) is 141 Å². The van der Waals surface area contributed by atoms with E-state index in [1.807, 2.05) is 0 Å². The van der Waals surface area contributed by atoms with Gasteiger partial charge in [0.15, 0.2) is 8.32 Å². The van der Waals surface area contributed by atoms with E-state index in [4.69, 9.17) is 13.6 Å². The molecular weight excluding hydrogens is 420 g/mol. The Labute approximate surface area is 194 Å². The maximum atomic E-state index is 11.2. The van der Waals surface area contributed by atoms with Gasteiger partial charge in [0, 0.05) is 0 Å². The van der Waals surface area contributed by atoms with Gasteiger partial charge >= 0.3 is 0 Å². The summed E-state index contributed by atoms with van der Waals surface area (Å²) in [6.07, 6.45) is 5.45. The lowest BCUT2D eigenvalue weighted by molar-refractivity contribution is -0.0510. The van der Waals surface area contributed by atoms with Crippen molar-refractivity contribution in [2.75, 3.05) is 6.61 Å². The minimum atomic E-state index is -2.09. The summed E-state index contributed by atoms with van der Waals surface area (Å²) in [5, 5.41) is 11.3. The zero-order valence-corrected chi connectivity index (χ0v) is 24.2. The van der Waals surface area contributed by atoms with Crippen molar-refractivity contribution in [3.8, 4) is 0 Å². The van der Waals surface area contributed by atoms with E-state index in [1.165, 1.54) is 0 Å². The zero-order valence-electron chi connectivity index (χ0n) is 22.2. The monoisotopic (exact) mass is 470 g/mol. The number of ether oxygens (including phenoxy) is 1. The van der Waals surface area contributed by atoms with Crippen LogP contribution in [-0.2, 0) is 13.6 Å². The molecule has 1 fully saturated rings. The van der Waals surface area contributed by atoms with Gasteiger partial charge in [-0.25, -0.2) is 0 Å². The van der Waals surface area contributed by atoms with Crippen molar-refractivity contribution in [1.29, 1.82) is 0 Å². The normalized spacial score (nSPS) is 25.3. The van der Waals surface area contributed by atoms with Gasteiger partial charge in [-0.2, -0.15) is 0 Å². The van der Waals surface area contributed by atoms with Crippen LogP contribution in [0.3, 0.4) is 0 Å². The van der Waals surface area contributed by atoms with Gasteiger partial charge in [-0.05, 0) is 66.5 Å². The van der Waals surface area contributed by atoms with Gasteiger partial charge in [-0.1, -0.05) is 62.3 Å². The molecule has 0 amide bonds. The summed E-state index contributed by atoms with van der Waals surface area (Å²) < 4.78 is 20.3. The second kappa shape index (κ2) is 9.61. The van der Waals surface area contributed by atoms with Crippen molar-refractivity contribution in [3.63, 3.8) is 0 Å². The molecule has 1 aliphatic heterocycles. The van der Waals surface area contributed by atoms with Gasteiger partial charge in [-0.15, -0.1) is 0 Å². The Morgan fingerprint density at radius 2 is 1.45 bits per heavy atom. The summed E-state index contributed by atoms with van der Waals surface area (Å²) in [6, 6.07) is 0. The minimum absolute atomic E-state index is 0.108.